The summed E-state index contributed by atoms with van der Waals surface area (Å²) in [6, 6.07) is 7.39. The first-order valence-electron chi connectivity index (χ1n) is 49.4. The van der Waals surface area contributed by atoms with E-state index in [0.29, 0.717) is 94.0 Å². The standard InChI is InChI=1S/C101H172N8O8/c1-6-10-14-18-22-26-30-34-38-42-46-50-54-58-62-66-78-102-94(110)82-114-97-86-70-72-88(106-86)98(115-83-95(111)103-79-67-63-59-55-51-47-43-39-35-31-27-23-19-15-11-7-2)90-74-76-92(108-90)100(117-85(5)101(113)105-81-69-65-61-57-53-49-45-41-37-33-29-25-21-17-13-9-4)93-77-75-91(109-93)99(89-73-71-87(97)107-89)116-84-96(112)104-80-68-64-60-56-52-48-44-40-36-32-28-24-20-16-12-8-3/h70-77,85,106,109H,6-69,78-84H2,1-5H3,(H,102,110)(H,103,111)(H,104,112)(H,105,113)/t85-/m1/s1. The Labute approximate surface area is 713 Å². The largest absolute Gasteiger partial charge is 0.479 e. The molecule has 3 aromatic rings. The molecule has 0 spiro atoms. The third-order valence-electron chi connectivity index (χ3n) is 23.7. The van der Waals surface area contributed by atoms with Crippen LogP contribution >= 0.6 is 0 Å². The lowest BCUT2D eigenvalue weighted by atomic mass is 10.0. The lowest BCUT2D eigenvalue weighted by Crippen LogP contribution is -2.37. The number of nitrogens with one attached hydrogen (secondary N) is 6. The maximum absolute atomic E-state index is 14.1. The molecule has 0 saturated carbocycles. The Bertz CT molecular complexity index is 3190. The van der Waals surface area contributed by atoms with Crippen molar-refractivity contribution in [1.29, 1.82) is 0 Å². The first kappa shape index (κ1) is 101. The monoisotopic (exact) mass is 1630 g/mol. The van der Waals surface area contributed by atoms with E-state index in [1.807, 2.05) is 48.6 Å². The molecule has 664 valence electrons. The minimum Gasteiger partial charge on any atom is -0.479 e. The van der Waals surface area contributed by atoms with Gasteiger partial charge in [-0.15, -0.1) is 0 Å². The third-order valence-corrected chi connectivity index (χ3v) is 23.7. The van der Waals surface area contributed by atoms with Crippen molar-refractivity contribution in [1.82, 2.24) is 41.2 Å². The van der Waals surface area contributed by atoms with E-state index in [-0.39, 0.29) is 43.4 Å². The number of hydrogen-bond acceptors (Lipinski definition) is 10. The Morgan fingerprint density at radius 2 is 0.444 bits per heavy atom. The summed E-state index contributed by atoms with van der Waals surface area (Å²) in [4.78, 5) is 72.7. The molecule has 16 heteroatoms. The number of unbranched alkanes of at least 4 members (excludes halogenated alkanes) is 60. The van der Waals surface area contributed by atoms with Crippen LogP contribution in [0.3, 0.4) is 0 Å². The van der Waals surface area contributed by atoms with Crippen molar-refractivity contribution in [2.75, 3.05) is 46.0 Å². The summed E-state index contributed by atoms with van der Waals surface area (Å²) in [5.74, 6) is 0.219. The van der Waals surface area contributed by atoms with Crippen molar-refractivity contribution in [3.63, 3.8) is 0 Å². The van der Waals surface area contributed by atoms with E-state index in [1.165, 1.54) is 334 Å². The fraction of sp³-hybridized carbons (Fsp3) is 0.762. The lowest BCUT2D eigenvalue weighted by Gasteiger charge is -2.15. The molecule has 1 atom stereocenters. The van der Waals surface area contributed by atoms with Crippen molar-refractivity contribution >= 4 is 70.0 Å². The van der Waals surface area contributed by atoms with Crippen molar-refractivity contribution in [3.8, 4) is 23.0 Å². The van der Waals surface area contributed by atoms with Crippen molar-refractivity contribution in [3.05, 3.63) is 47.0 Å². The van der Waals surface area contributed by atoms with Crippen molar-refractivity contribution in [2.24, 2.45) is 0 Å². The zero-order valence-corrected chi connectivity index (χ0v) is 75.6. The van der Waals surface area contributed by atoms with Crippen LogP contribution in [0.2, 0.25) is 0 Å². The molecule has 8 bridgehead atoms. The topological polar surface area (TPSA) is 211 Å². The number of H-pyrrole nitrogens is 2. The predicted molar refractivity (Wildman–Crippen MR) is 496 cm³/mol. The fourth-order valence-corrected chi connectivity index (χ4v) is 16.2. The Hall–Kier alpha value is -6.32. The first-order valence-corrected chi connectivity index (χ1v) is 49.4. The molecule has 2 aliphatic rings. The smallest absolute Gasteiger partial charge is 0.260 e. The number of hydrogen-bond donors (Lipinski definition) is 6. The number of nitrogens with zero attached hydrogens (tertiary/aromatic N) is 2. The van der Waals surface area contributed by atoms with Gasteiger partial charge in [0, 0.05) is 26.2 Å². The van der Waals surface area contributed by atoms with Gasteiger partial charge in [0.2, 0.25) is 0 Å². The summed E-state index contributed by atoms with van der Waals surface area (Å²) < 4.78 is 26.4. The van der Waals surface area contributed by atoms with E-state index in [2.05, 4.69) is 58.9 Å². The molecule has 5 heterocycles. The van der Waals surface area contributed by atoms with Gasteiger partial charge < -0.3 is 50.2 Å². The van der Waals surface area contributed by atoms with Gasteiger partial charge >= 0.3 is 0 Å². The molecule has 6 N–H and O–H groups in total. The molecule has 0 unspecified atom stereocenters. The first-order chi connectivity index (χ1) is 57.6. The number of aromatic amines is 2. The van der Waals surface area contributed by atoms with Crippen LogP contribution in [-0.4, -0.2) is 95.7 Å². The summed E-state index contributed by atoms with van der Waals surface area (Å²) >= 11 is 0. The average molecular weight is 1630 g/mol. The van der Waals surface area contributed by atoms with Crippen LogP contribution in [0.15, 0.2) is 24.3 Å². The minimum atomic E-state index is -0.922. The van der Waals surface area contributed by atoms with E-state index in [0.717, 1.165) is 77.0 Å². The van der Waals surface area contributed by atoms with E-state index in [1.54, 1.807) is 6.92 Å². The van der Waals surface area contributed by atoms with E-state index in [4.69, 9.17) is 28.9 Å². The van der Waals surface area contributed by atoms with E-state index in [9.17, 15) is 19.2 Å². The van der Waals surface area contributed by atoms with Crippen LogP contribution in [0.5, 0.6) is 23.0 Å². The Morgan fingerprint density at radius 3 is 0.658 bits per heavy atom. The molecule has 0 radical (unpaired) electrons. The van der Waals surface area contributed by atoms with Gasteiger partial charge in [-0.3, -0.25) is 19.2 Å². The molecule has 5 rings (SSSR count). The fourth-order valence-electron chi connectivity index (χ4n) is 16.2. The zero-order valence-electron chi connectivity index (χ0n) is 75.6. The number of aromatic nitrogens is 4. The van der Waals surface area contributed by atoms with E-state index >= 15 is 0 Å². The van der Waals surface area contributed by atoms with Gasteiger partial charge in [-0.2, -0.15) is 0 Å². The van der Waals surface area contributed by atoms with Gasteiger partial charge in [0.25, 0.3) is 23.6 Å². The van der Waals surface area contributed by atoms with Crippen LogP contribution < -0.4 is 40.2 Å². The number of carbonyl (C=O) groups excluding carboxylic acids is 4. The summed E-state index contributed by atoms with van der Waals surface area (Å²) in [5, 5.41) is 12.5. The normalized spacial score (nSPS) is 12.0. The van der Waals surface area contributed by atoms with Gasteiger partial charge in [-0.25, -0.2) is 9.97 Å². The second-order valence-corrected chi connectivity index (χ2v) is 34.5. The van der Waals surface area contributed by atoms with Crippen LogP contribution in [0.1, 0.15) is 468 Å². The van der Waals surface area contributed by atoms with Crippen molar-refractivity contribution < 1.29 is 38.1 Å². The zero-order chi connectivity index (χ0) is 83.2. The highest BCUT2D eigenvalue weighted by molar-refractivity contribution is 5.89. The number of amides is 4. The second-order valence-electron chi connectivity index (χ2n) is 34.5. The van der Waals surface area contributed by atoms with Gasteiger partial charge in [0.15, 0.2) is 48.9 Å². The molecule has 0 saturated heterocycles. The maximum atomic E-state index is 14.1. The quantitative estimate of drug-likeness (QED) is 0.0203. The summed E-state index contributed by atoms with van der Waals surface area (Å²) in [6.45, 7) is 12.2. The molecule has 117 heavy (non-hydrogen) atoms. The number of fused-ring (bicyclic) bond motifs is 8. The van der Waals surface area contributed by atoms with Crippen LogP contribution in [0.25, 0.3) is 46.4 Å². The molecular weight excluding hydrogens is 1450 g/mol. The summed E-state index contributed by atoms with van der Waals surface area (Å²) in [5.41, 5.74) is 3.65. The van der Waals surface area contributed by atoms with Gasteiger partial charge in [0.1, 0.15) is 22.8 Å². The van der Waals surface area contributed by atoms with Gasteiger partial charge in [-0.05, 0) is 81.2 Å². The summed E-state index contributed by atoms with van der Waals surface area (Å²) in [7, 11) is 0. The number of rotatable bonds is 80. The molecule has 2 aliphatic heterocycles. The SMILES string of the molecule is CCCCCCCCCCCCCCCCCCNC(=O)COc1c2nc(c(OCC(=O)NCCCCCCCCCCCCCCCCCC)c3ccc([nH]3)c(O[C@H](C)C(=O)NCCCCCCCCCCCCCCCCCC)c3nc(c(OCC(=O)NCCCCCCCCCCCCCCCCCC)c4ccc1[nH]4)C=C3)C=C2. The molecule has 0 aromatic carbocycles. The Kier molecular flexibility index (Phi) is 60.9. The Morgan fingerprint density at radius 1 is 0.265 bits per heavy atom. The molecule has 0 aliphatic carbocycles. The molecular formula is C101H172N8O8. The average Bonchev–Trinajstić information content (AvgIpc) is 1.64. The number of ether oxygens (including phenoxy) is 4. The second kappa shape index (κ2) is 70.4. The summed E-state index contributed by atoms with van der Waals surface area (Å²) in [6.07, 6.45) is 88.4. The molecule has 16 nitrogen and oxygen atoms in total. The van der Waals surface area contributed by atoms with E-state index < -0.39 is 6.10 Å². The highest BCUT2D eigenvalue weighted by Crippen LogP contribution is 2.37. The third kappa shape index (κ3) is 49.3. The van der Waals surface area contributed by atoms with Gasteiger partial charge in [0.05, 0.1) is 22.1 Å². The van der Waals surface area contributed by atoms with Crippen LogP contribution in [0.4, 0.5) is 0 Å². The Balaban J connectivity index is 1.31. The van der Waals surface area contributed by atoms with Gasteiger partial charge in [-0.1, -0.05) is 413 Å². The molecule has 4 amide bonds. The van der Waals surface area contributed by atoms with Crippen molar-refractivity contribution in [2.45, 2.75) is 452 Å². The predicted octanol–water partition coefficient (Wildman–Crippen LogP) is 28.1. The minimum absolute atomic E-state index is 0.244. The maximum Gasteiger partial charge on any atom is 0.260 e. The van der Waals surface area contributed by atoms with Crippen LogP contribution in [-0.2, 0) is 19.2 Å². The van der Waals surface area contributed by atoms with Crippen LogP contribution in [0, 0.1) is 0 Å². The molecule has 3 aromatic heterocycles. The highest BCUT2D eigenvalue weighted by Gasteiger charge is 2.23. The highest BCUT2D eigenvalue weighted by atomic mass is 16.5. The molecule has 0 fully saturated rings. The number of carbonyl (C=O) groups is 4. The lowest BCUT2D eigenvalue weighted by molar-refractivity contribution is -0.127.